The Balaban J connectivity index is 1.59. The van der Waals surface area contributed by atoms with Crippen molar-refractivity contribution in [3.8, 4) is 11.1 Å². The topological polar surface area (TPSA) is 88.3 Å². The molecule has 0 atom stereocenters. The number of nitrogens with zero attached hydrogens (tertiary/aromatic N) is 4. The summed E-state index contributed by atoms with van der Waals surface area (Å²) in [6.07, 6.45) is 3.31. The van der Waals surface area contributed by atoms with Crippen LogP contribution in [0.5, 0.6) is 0 Å². The number of carbonyl (C=O) groups excluding carboxylic acids is 2. The number of aromatic nitrogens is 2. The molecular formula is C27H31F2N5O3. The molecule has 196 valence electrons. The summed E-state index contributed by atoms with van der Waals surface area (Å²) in [6.45, 7) is 8.99. The van der Waals surface area contributed by atoms with E-state index in [4.69, 9.17) is 4.74 Å². The van der Waals surface area contributed by atoms with E-state index < -0.39 is 23.2 Å². The highest BCUT2D eigenvalue weighted by Crippen LogP contribution is 2.34. The average Bonchev–Trinajstić information content (AvgIpc) is 3.19. The number of likely N-dealkylation sites (tertiary alicyclic amines) is 1. The standard InChI is InChI=1S/C27H31F2N5O3/c1-17-12-20(19-6-7-22-31-18(2)14-34(22)15-19)13-21(28)23(17)32-24(30-16-35)27(29)8-10-33(11-9-27)25(36)37-26(3,4)5/h6-7,12-16H,8-11H2,1-5H3,(H,30,32,35). The van der Waals surface area contributed by atoms with Crippen LogP contribution in [0.15, 0.2) is 41.7 Å². The lowest BCUT2D eigenvalue weighted by Crippen LogP contribution is -2.52. The first kappa shape index (κ1) is 26.2. The molecule has 0 spiro atoms. The highest BCUT2D eigenvalue weighted by Gasteiger charge is 2.42. The van der Waals surface area contributed by atoms with Gasteiger partial charge < -0.3 is 19.4 Å². The smallest absolute Gasteiger partial charge is 0.410 e. The lowest BCUT2D eigenvalue weighted by Gasteiger charge is -2.37. The van der Waals surface area contributed by atoms with E-state index in [9.17, 15) is 9.59 Å². The monoisotopic (exact) mass is 511 g/mol. The minimum absolute atomic E-state index is 0.0562. The van der Waals surface area contributed by atoms with Crippen LogP contribution in [-0.4, -0.2) is 57.0 Å². The molecule has 3 aromatic rings. The molecule has 0 unspecified atom stereocenters. The second kappa shape index (κ2) is 9.91. The number of amides is 2. The molecule has 1 saturated heterocycles. The van der Waals surface area contributed by atoms with Crippen LogP contribution in [-0.2, 0) is 9.53 Å². The Hall–Kier alpha value is -3.82. The molecule has 3 heterocycles. The summed E-state index contributed by atoms with van der Waals surface area (Å²) in [6, 6.07) is 6.81. The molecule has 1 aliphatic rings. The van der Waals surface area contributed by atoms with E-state index in [0.29, 0.717) is 17.5 Å². The fraction of sp³-hybridized carbons (Fsp3) is 0.407. The number of ether oxygens (including phenoxy) is 1. The highest BCUT2D eigenvalue weighted by molar-refractivity contribution is 5.99. The molecule has 0 aliphatic carbocycles. The Morgan fingerprint density at radius 2 is 1.86 bits per heavy atom. The van der Waals surface area contributed by atoms with Crippen molar-refractivity contribution >= 4 is 29.7 Å². The van der Waals surface area contributed by atoms with Gasteiger partial charge in [-0.2, -0.15) is 0 Å². The van der Waals surface area contributed by atoms with Gasteiger partial charge in [0.1, 0.15) is 28.6 Å². The Bertz CT molecular complexity index is 1350. The number of amidine groups is 1. The van der Waals surface area contributed by atoms with E-state index in [1.54, 1.807) is 33.8 Å². The summed E-state index contributed by atoms with van der Waals surface area (Å²) in [5.41, 5.74) is 0.791. The maximum absolute atomic E-state index is 16.0. The van der Waals surface area contributed by atoms with Gasteiger partial charge in [0, 0.05) is 38.3 Å². The summed E-state index contributed by atoms with van der Waals surface area (Å²) < 4.78 is 38.5. The largest absolute Gasteiger partial charge is 0.444 e. The second-order valence-electron chi connectivity index (χ2n) is 10.3. The van der Waals surface area contributed by atoms with Crippen LogP contribution in [0.1, 0.15) is 44.9 Å². The lowest BCUT2D eigenvalue weighted by molar-refractivity contribution is -0.108. The number of halogens is 2. The van der Waals surface area contributed by atoms with Gasteiger partial charge in [-0.05, 0) is 75.6 Å². The number of imidazole rings is 1. The number of rotatable bonds is 4. The first-order valence-electron chi connectivity index (χ1n) is 12.1. The third kappa shape index (κ3) is 5.79. The number of benzene rings is 1. The van der Waals surface area contributed by atoms with Crippen molar-refractivity contribution in [1.82, 2.24) is 19.6 Å². The molecular weight excluding hydrogens is 480 g/mol. The molecule has 0 saturated carbocycles. The summed E-state index contributed by atoms with van der Waals surface area (Å²) in [5, 5.41) is 2.33. The second-order valence-corrected chi connectivity index (χ2v) is 10.3. The van der Waals surface area contributed by atoms with Crippen molar-refractivity contribution in [1.29, 1.82) is 0 Å². The molecule has 4 rings (SSSR count). The van der Waals surface area contributed by atoms with Crippen LogP contribution < -0.4 is 5.32 Å². The predicted octanol–water partition coefficient (Wildman–Crippen LogP) is 5.27. The molecule has 0 bridgehead atoms. The van der Waals surface area contributed by atoms with Crippen molar-refractivity contribution in [2.75, 3.05) is 13.1 Å². The van der Waals surface area contributed by atoms with E-state index in [0.717, 1.165) is 16.9 Å². The van der Waals surface area contributed by atoms with E-state index in [2.05, 4.69) is 15.3 Å². The van der Waals surface area contributed by atoms with Crippen LogP contribution >= 0.6 is 0 Å². The molecule has 1 N–H and O–H groups in total. The first-order chi connectivity index (χ1) is 17.4. The molecule has 1 aromatic carbocycles. The quantitative estimate of drug-likeness (QED) is 0.294. The van der Waals surface area contributed by atoms with Gasteiger partial charge in [-0.1, -0.05) is 0 Å². The Morgan fingerprint density at radius 1 is 1.16 bits per heavy atom. The zero-order valence-electron chi connectivity index (χ0n) is 21.6. The van der Waals surface area contributed by atoms with E-state index in [1.807, 2.05) is 35.9 Å². The fourth-order valence-corrected chi connectivity index (χ4v) is 4.37. The molecule has 0 radical (unpaired) electrons. The molecule has 2 amide bonds. The predicted molar refractivity (Wildman–Crippen MR) is 137 cm³/mol. The highest BCUT2D eigenvalue weighted by atomic mass is 19.1. The third-order valence-corrected chi connectivity index (χ3v) is 6.21. The average molecular weight is 512 g/mol. The molecule has 10 heteroatoms. The fourth-order valence-electron chi connectivity index (χ4n) is 4.37. The summed E-state index contributed by atoms with van der Waals surface area (Å²) in [7, 11) is 0. The van der Waals surface area contributed by atoms with Gasteiger partial charge >= 0.3 is 6.09 Å². The summed E-state index contributed by atoms with van der Waals surface area (Å²) >= 11 is 0. The molecule has 8 nitrogen and oxygen atoms in total. The minimum atomic E-state index is -2.04. The van der Waals surface area contributed by atoms with Gasteiger partial charge in [0.25, 0.3) is 0 Å². The van der Waals surface area contributed by atoms with Crippen molar-refractivity contribution in [2.24, 2.45) is 4.99 Å². The van der Waals surface area contributed by atoms with Crippen LogP contribution in [0, 0.1) is 19.7 Å². The number of hydrogen-bond donors (Lipinski definition) is 1. The molecule has 2 aromatic heterocycles. The number of nitrogens with one attached hydrogen (secondary N) is 1. The normalized spacial score (nSPS) is 16.1. The number of hydrogen-bond acceptors (Lipinski definition) is 5. The Kier molecular flexibility index (Phi) is 7.03. The molecule has 1 fully saturated rings. The Labute approximate surface area is 214 Å². The van der Waals surface area contributed by atoms with E-state index >= 15 is 8.78 Å². The van der Waals surface area contributed by atoms with Gasteiger partial charge in [0.15, 0.2) is 5.67 Å². The van der Waals surface area contributed by atoms with Gasteiger partial charge in [-0.25, -0.2) is 23.6 Å². The molecule has 1 aliphatic heterocycles. The van der Waals surface area contributed by atoms with E-state index in [-0.39, 0.29) is 37.5 Å². The zero-order valence-corrected chi connectivity index (χ0v) is 21.6. The third-order valence-electron chi connectivity index (χ3n) is 6.21. The molecule has 37 heavy (non-hydrogen) atoms. The summed E-state index contributed by atoms with van der Waals surface area (Å²) in [4.78, 5) is 33.7. The van der Waals surface area contributed by atoms with Gasteiger partial charge in [-0.3, -0.25) is 4.79 Å². The maximum atomic E-state index is 16.0. The van der Waals surface area contributed by atoms with Crippen LogP contribution in [0.4, 0.5) is 19.3 Å². The van der Waals surface area contributed by atoms with Crippen LogP contribution in [0.2, 0.25) is 0 Å². The van der Waals surface area contributed by atoms with Crippen molar-refractivity contribution in [3.63, 3.8) is 0 Å². The number of alkyl halides is 1. The van der Waals surface area contributed by atoms with Crippen LogP contribution in [0.25, 0.3) is 16.8 Å². The number of carbonyl (C=O) groups is 2. The number of aryl methyl sites for hydroxylation is 2. The summed E-state index contributed by atoms with van der Waals surface area (Å²) in [5.74, 6) is -0.923. The van der Waals surface area contributed by atoms with Crippen molar-refractivity contribution in [3.05, 3.63) is 53.7 Å². The number of aliphatic imine (C=N–C) groups is 1. The minimum Gasteiger partial charge on any atom is -0.444 e. The van der Waals surface area contributed by atoms with Crippen molar-refractivity contribution < 1.29 is 23.1 Å². The van der Waals surface area contributed by atoms with Gasteiger partial charge in [0.05, 0.1) is 5.69 Å². The number of pyridine rings is 1. The number of fused-ring (bicyclic) bond motifs is 1. The van der Waals surface area contributed by atoms with Gasteiger partial charge in [-0.15, -0.1) is 0 Å². The first-order valence-corrected chi connectivity index (χ1v) is 12.1. The number of piperidine rings is 1. The van der Waals surface area contributed by atoms with E-state index in [1.165, 1.54) is 11.0 Å². The van der Waals surface area contributed by atoms with Gasteiger partial charge in [0.2, 0.25) is 6.41 Å². The van der Waals surface area contributed by atoms with Crippen LogP contribution in [0.3, 0.4) is 0 Å². The maximum Gasteiger partial charge on any atom is 0.410 e. The van der Waals surface area contributed by atoms with Crippen molar-refractivity contribution in [2.45, 2.75) is 58.7 Å². The SMILES string of the molecule is Cc1cn2cc(-c3cc(C)c(N=C(NC=O)C4(F)CCN(C(=O)OC(C)(C)C)CC4)c(F)c3)ccc2n1. The zero-order chi connectivity index (χ0) is 27.0. The Morgan fingerprint density at radius 3 is 2.49 bits per heavy atom. The lowest BCUT2D eigenvalue weighted by atomic mass is 9.91.